The molecule has 6 nitrogen and oxygen atoms in total. The summed E-state index contributed by atoms with van der Waals surface area (Å²) in [6.07, 6.45) is 1.09. The molecular weight excluding hydrogens is 264 g/mol. The molecule has 120 valence electrons. The van der Waals surface area contributed by atoms with Gasteiger partial charge in [-0.1, -0.05) is 34.6 Å². The highest BCUT2D eigenvalue weighted by molar-refractivity contribution is 5.47. The zero-order valence-corrected chi connectivity index (χ0v) is 14.0. The van der Waals surface area contributed by atoms with E-state index in [2.05, 4.69) is 60.2 Å². The molecule has 1 aromatic rings. The van der Waals surface area contributed by atoms with E-state index in [1.54, 1.807) is 0 Å². The van der Waals surface area contributed by atoms with Crippen molar-refractivity contribution in [1.82, 2.24) is 14.9 Å². The van der Waals surface area contributed by atoms with Crippen LogP contribution in [0.4, 0.5) is 11.6 Å². The Morgan fingerprint density at radius 2 is 1.76 bits per heavy atom. The van der Waals surface area contributed by atoms with Gasteiger partial charge in [-0.2, -0.15) is 0 Å². The van der Waals surface area contributed by atoms with E-state index in [4.69, 9.17) is 5.84 Å². The van der Waals surface area contributed by atoms with E-state index in [-0.39, 0.29) is 5.41 Å². The number of rotatable bonds is 8. The highest BCUT2D eigenvalue weighted by Gasteiger charge is 2.18. The van der Waals surface area contributed by atoms with Crippen molar-refractivity contribution in [3.05, 3.63) is 11.9 Å². The molecule has 1 rings (SSSR count). The number of hydrogen-bond donors (Lipinski definition) is 3. The molecule has 6 heteroatoms. The quantitative estimate of drug-likeness (QED) is 0.387. The number of anilines is 2. The van der Waals surface area contributed by atoms with Crippen LogP contribution in [0.5, 0.6) is 0 Å². The van der Waals surface area contributed by atoms with E-state index < -0.39 is 0 Å². The first-order valence-electron chi connectivity index (χ1n) is 7.73. The maximum atomic E-state index is 5.49. The predicted octanol–water partition coefficient (Wildman–Crippen LogP) is 2.20. The van der Waals surface area contributed by atoms with Crippen LogP contribution in [0.1, 0.15) is 46.9 Å². The van der Waals surface area contributed by atoms with Crippen LogP contribution < -0.4 is 16.6 Å². The molecule has 0 aliphatic rings. The standard InChI is InChI=1S/C15H30N6/c1-6-21(7-2)10-8-9-17-12-11-13(20-16)19-14(18-12)15(3,4)5/h11H,6-10,16H2,1-5H3,(H2,17,18,19,20). The molecule has 0 spiro atoms. The van der Waals surface area contributed by atoms with E-state index in [0.29, 0.717) is 5.82 Å². The molecule has 1 heterocycles. The summed E-state index contributed by atoms with van der Waals surface area (Å²) < 4.78 is 0. The normalized spacial score (nSPS) is 11.8. The van der Waals surface area contributed by atoms with Gasteiger partial charge in [0, 0.05) is 18.0 Å². The SMILES string of the molecule is CCN(CC)CCCNc1cc(NN)nc(C(C)(C)C)n1. The summed E-state index contributed by atoms with van der Waals surface area (Å²) in [5, 5.41) is 3.36. The average molecular weight is 294 g/mol. The monoisotopic (exact) mass is 294 g/mol. The second kappa shape index (κ2) is 8.14. The molecule has 0 saturated carbocycles. The fourth-order valence-corrected chi connectivity index (χ4v) is 2.01. The molecule has 0 bridgehead atoms. The van der Waals surface area contributed by atoms with Crippen LogP contribution in [0.3, 0.4) is 0 Å². The summed E-state index contributed by atoms with van der Waals surface area (Å²) in [7, 11) is 0. The van der Waals surface area contributed by atoms with Crippen molar-refractivity contribution in [2.75, 3.05) is 36.9 Å². The average Bonchev–Trinajstić information content (AvgIpc) is 2.46. The van der Waals surface area contributed by atoms with Gasteiger partial charge >= 0.3 is 0 Å². The number of aromatic nitrogens is 2. The second-order valence-corrected chi connectivity index (χ2v) is 6.16. The molecule has 0 saturated heterocycles. The van der Waals surface area contributed by atoms with E-state index in [1.165, 1.54) is 0 Å². The maximum absolute atomic E-state index is 5.49. The molecule has 0 aliphatic heterocycles. The first kappa shape index (κ1) is 17.7. The Morgan fingerprint density at radius 3 is 2.29 bits per heavy atom. The molecule has 0 aromatic carbocycles. The Kier molecular flexibility index (Phi) is 6.84. The summed E-state index contributed by atoms with van der Waals surface area (Å²) in [5.41, 5.74) is 2.50. The van der Waals surface area contributed by atoms with Crippen LogP contribution in [0.2, 0.25) is 0 Å². The van der Waals surface area contributed by atoms with Gasteiger partial charge < -0.3 is 15.6 Å². The third-order valence-electron chi connectivity index (χ3n) is 3.40. The smallest absolute Gasteiger partial charge is 0.145 e. The van der Waals surface area contributed by atoms with Crippen LogP contribution in [-0.2, 0) is 5.41 Å². The van der Waals surface area contributed by atoms with Crippen LogP contribution >= 0.6 is 0 Å². The van der Waals surface area contributed by atoms with Gasteiger partial charge in [0.25, 0.3) is 0 Å². The lowest BCUT2D eigenvalue weighted by Crippen LogP contribution is -2.25. The Hall–Kier alpha value is -1.40. The number of nitrogens with two attached hydrogens (primary N) is 1. The molecule has 0 fully saturated rings. The van der Waals surface area contributed by atoms with Gasteiger partial charge in [-0.3, -0.25) is 0 Å². The van der Waals surface area contributed by atoms with Gasteiger partial charge in [0.2, 0.25) is 0 Å². The number of nitrogens with one attached hydrogen (secondary N) is 2. The second-order valence-electron chi connectivity index (χ2n) is 6.16. The Balaban J connectivity index is 2.62. The van der Waals surface area contributed by atoms with Crippen LogP contribution in [0.25, 0.3) is 0 Å². The lowest BCUT2D eigenvalue weighted by Gasteiger charge is -2.20. The van der Waals surface area contributed by atoms with Crippen LogP contribution in [-0.4, -0.2) is 41.0 Å². The molecule has 0 aliphatic carbocycles. The molecular formula is C15H30N6. The summed E-state index contributed by atoms with van der Waals surface area (Å²) >= 11 is 0. The number of hydrogen-bond acceptors (Lipinski definition) is 6. The fourth-order valence-electron chi connectivity index (χ4n) is 2.01. The third kappa shape index (κ3) is 5.85. The first-order valence-corrected chi connectivity index (χ1v) is 7.73. The maximum Gasteiger partial charge on any atom is 0.145 e. The molecule has 1 aromatic heterocycles. The lowest BCUT2D eigenvalue weighted by atomic mass is 9.96. The van der Waals surface area contributed by atoms with Gasteiger partial charge in [0.05, 0.1) is 0 Å². The molecule has 0 amide bonds. The topological polar surface area (TPSA) is 79.1 Å². The van der Waals surface area contributed by atoms with E-state index >= 15 is 0 Å². The van der Waals surface area contributed by atoms with Crippen LogP contribution in [0.15, 0.2) is 6.07 Å². The van der Waals surface area contributed by atoms with Crippen molar-refractivity contribution >= 4 is 11.6 Å². The Bertz CT molecular complexity index is 423. The summed E-state index contributed by atoms with van der Waals surface area (Å²) in [5.74, 6) is 7.73. The van der Waals surface area contributed by atoms with E-state index in [0.717, 1.165) is 44.2 Å². The summed E-state index contributed by atoms with van der Waals surface area (Å²) in [6, 6.07) is 1.84. The molecule has 4 N–H and O–H groups in total. The number of nitrogen functional groups attached to an aromatic ring is 1. The van der Waals surface area contributed by atoms with E-state index in [1.807, 2.05) is 6.07 Å². The zero-order chi connectivity index (χ0) is 15.9. The van der Waals surface area contributed by atoms with Crippen molar-refractivity contribution in [1.29, 1.82) is 0 Å². The van der Waals surface area contributed by atoms with Crippen molar-refractivity contribution in [2.45, 2.75) is 46.5 Å². The highest BCUT2D eigenvalue weighted by atomic mass is 15.3. The highest BCUT2D eigenvalue weighted by Crippen LogP contribution is 2.21. The lowest BCUT2D eigenvalue weighted by molar-refractivity contribution is 0.303. The molecule has 0 atom stereocenters. The summed E-state index contributed by atoms with van der Waals surface area (Å²) in [4.78, 5) is 11.4. The first-order chi connectivity index (χ1) is 9.90. The van der Waals surface area contributed by atoms with Gasteiger partial charge in [-0.15, -0.1) is 0 Å². The molecule has 0 unspecified atom stereocenters. The summed E-state index contributed by atoms with van der Waals surface area (Å²) in [6.45, 7) is 14.8. The van der Waals surface area contributed by atoms with Gasteiger partial charge in [0.15, 0.2) is 0 Å². The van der Waals surface area contributed by atoms with Crippen LogP contribution in [0, 0.1) is 0 Å². The minimum absolute atomic E-state index is 0.107. The Morgan fingerprint density at radius 1 is 1.14 bits per heavy atom. The van der Waals surface area contributed by atoms with Crippen molar-refractivity contribution in [3.63, 3.8) is 0 Å². The van der Waals surface area contributed by atoms with Crippen molar-refractivity contribution in [3.8, 4) is 0 Å². The van der Waals surface area contributed by atoms with Gasteiger partial charge in [-0.05, 0) is 26.1 Å². The Labute approximate surface area is 128 Å². The number of hydrazine groups is 1. The minimum Gasteiger partial charge on any atom is -0.370 e. The van der Waals surface area contributed by atoms with Gasteiger partial charge in [-0.25, -0.2) is 15.8 Å². The minimum atomic E-state index is -0.107. The molecule has 0 radical (unpaired) electrons. The zero-order valence-electron chi connectivity index (χ0n) is 14.0. The fraction of sp³-hybridized carbons (Fsp3) is 0.733. The number of nitrogens with zero attached hydrogens (tertiary/aromatic N) is 3. The van der Waals surface area contributed by atoms with E-state index in [9.17, 15) is 0 Å². The largest absolute Gasteiger partial charge is 0.370 e. The van der Waals surface area contributed by atoms with Crippen molar-refractivity contribution < 1.29 is 0 Å². The van der Waals surface area contributed by atoms with Gasteiger partial charge in [0.1, 0.15) is 17.5 Å². The van der Waals surface area contributed by atoms with Crippen molar-refractivity contribution in [2.24, 2.45) is 5.84 Å². The predicted molar refractivity (Wildman–Crippen MR) is 89.4 cm³/mol. The molecule has 21 heavy (non-hydrogen) atoms. The third-order valence-corrected chi connectivity index (χ3v) is 3.40.